The van der Waals surface area contributed by atoms with E-state index in [9.17, 15) is 8.78 Å². The molecule has 0 atom stereocenters. The van der Waals surface area contributed by atoms with Gasteiger partial charge < -0.3 is 19.9 Å². The Bertz CT molecular complexity index is 1320. The minimum absolute atomic E-state index is 0.00812. The predicted octanol–water partition coefficient (Wildman–Crippen LogP) is 2.37. The number of hydrogen-bond donors (Lipinski definition) is 2. The molecule has 4 aromatic rings. The summed E-state index contributed by atoms with van der Waals surface area (Å²) in [5.41, 5.74) is 2.75. The number of rotatable bonds is 9. The number of aliphatic hydroxyl groups excluding tert-OH is 1. The molecule has 0 saturated heterocycles. The molecular weight excluding hydrogens is 436 g/mol. The van der Waals surface area contributed by atoms with Crippen molar-refractivity contribution in [2.45, 2.75) is 38.0 Å². The molecular formula is C21H23F2N7O3. The van der Waals surface area contributed by atoms with E-state index in [4.69, 9.17) is 16.0 Å². The van der Waals surface area contributed by atoms with Gasteiger partial charge in [0.25, 0.3) is 6.43 Å². The maximum Gasteiger partial charge on any atom is 0.258 e. The van der Waals surface area contributed by atoms with Crippen LogP contribution in [0.1, 0.15) is 14.2 Å². The van der Waals surface area contributed by atoms with Gasteiger partial charge in [0.15, 0.2) is 0 Å². The van der Waals surface area contributed by atoms with Gasteiger partial charge in [0.1, 0.15) is 17.6 Å². The molecule has 10 nitrogen and oxygen atoms in total. The van der Waals surface area contributed by atoms with E-state index in [1.165, 1.54) is 11.6 Å². The summed E-state index contributed by atoms with van der Waals surface area (Å²) in [7, 11) is 1.49. The third-order valence-electron chi connectivity index (χ3n) is 5.60. The first-order valence-electron chi connectivity index (χ1n) is 11.0. The second-order valence-corrected chi connectivity index (χ2v) is 7.79. The van der Waals surface area contributed by atoms with E-state index in [2.05, 4.69) is 25.7 Å². The summed E-state index contributed by atoms with van der Waals surface area (Å²) in [4.78, 5) is 4.48. The number of anilines is 1. The SMILES string of the molecule is [2H]c1cc(-c2ccc3nnn(CC(F)F)c3c2)c2c(OC)nc(N[C@H]3C[C@@H](OCCO)C3)nn12. The van der Waals surface area contributed by atoms with Crippen molar-refractivity contribution >= 4 is 22.5 Å². The molecule has 174 valence electrons. The second-order valence-electron chi connectivity index (χ2n) is 7.79. The first kappa shape index (κ1) is 20.2. The van der Waals surface area contributed by atoms with Crippen LogP contribution < -0.4 is 10.1 Å². The Morgan fingerprint density at radius 2 is 2.18 bits per heavy atom. The highest BCUT2D eigenvalue weighted by Crippen LogP contribution is 2.33. The standard InChI is InChI=1S/C21H23F2N7O3/c1-32-20-19-15(12-2-3-16-17(8-12)30(28-26-16)11-18(22)23)4-5-29(19)27-21(25-20)24-13-9-14(10-13)33-7-6-31/h2-5,8,13-14,18,31H,6-7,9-11H2,1H3,(H,24,27)/t13-,14+/i5D. The number of benzene rings is 1. The van der Waals surface area contributed by atoms with Crippen LogP contribution in [-0.4, -0.2) is 73.6 Å². The van der Waals surface area contributed by atoms with Crippen molar-refractivity contribution in [2.24, 2.45) is 0 Å². The Morgan fingerprint density at radius 3 is 2.94 bits per heavy atom. The number of fused-ring (bicyclic) bond motifs is 2. The molecule has 0 radical (unpaired) electrons. The average Bonchev–Trinajstić information content (AvgIpc) is 3.35. The molecule has 12 heteroatoms. The summed E-state index contributed by atoms with van der Waals surface area (Å²) in [6, 6.07) is 6.92. The molecule has 5 rings (SSSR count). The largest absolute Gasteiger partial charge is 0.479 e. The molecule has 33 heavy (non-hydrogen) atoms. The monoisotopic (exact) mass is 460 g/mol. The predicted molar refractivity (Wildman–Crippen MR) is 116 cm³/mol. The first-order valence-corrected chi connectivity index (χ1v) is 10.5. The summed E-state index contributed by atoms with van der Waals surface area (Å²) in [6.07, 6.45) is -0.840. The molecule has 0 unspecified atom stereocenters. The molecule has 0 bridgehead atoms. The van der Waals surface area contributed by atoms with Crippen molar-refractivity contribution < 1.29 is 24.7 Å². The number of halogens is 2. The highest BCUT2D eigenvalue weighted by atomic mass is 19.3. The Kier molecular flexibility index (Phi) is 5.44. The number of hydrogen-bond acceptors (Lipinski definition) is 8. The average molecular weight is 460 g/mol. The molecule has 2 N–H and O–H groups in total. The Hall–Kier alpha value is -3.38. The number of aliphatic hydroxyl groups is 1. The van der Waals surface area contributed by atoms with E-state index in [1.807, 2.05) is 0 Å². The Morgan fingerprint density at radius 1 is 1.33 bits per heavy atom. The van der Waals surface area contributed by atoms with Crippen LogP contribution in [0.2, 0.25) is 0 Å². The van der Waals surface area contributed by atoms with Gasteiger partial charge in [0.2, 0.25) is 11.8 Å². The van der Waals surface area contributed by atoms with Crippen molar-refractivity contribution in [3.8, 4) is 17.0 Å². The van der Waals surface area contributed by atoms with Gasteiger partial charge in [-0.2, -0.15) is 4.98 Å². The van der Waals surface area contributed by atoms with Crippen LogP contribution in [0.15, 0.2) is 30.4 Å². The highest BCUT2D eigenvalue weighted by Gasteiger charge is 2.30. The first-order chi connectivity index (χ1) is 16.5. The maximum atomic E-state index is 12.9. The summed E-state index contributed by atoms with van der Waals surface area (Å²) in [5.74, 6) is 0.595. The number of nitrogens with zero attached hydrogens (tertiary/aromatic N) is 6. The van der Waals surface area contributed by atoms with Gasteiger partial charge in [0, 0.05) is 17.8 Å². The lowest BCUT2D eigenvalue weighted by Gasteiger charge is -2.35. The molecule has 0 aliphatic heterocycles. The van der Waals surface area contributed by atoms with Gasteiger partial charge in [-0.3, -0.25) is 0 Å². The van der Waals surface area contributed by atoms with Crippen molar-refractivity contribution in [3.05, 3.63) is 30.4 Å². The molecule has 1 aromatic carbocycles. The van der Waals surface area contributed by atoms with E-state index < -0.39 is 13.0 Å². The van der Waals surface area contributed by atoms with Crippen molar-refractivity contribution in [1.82, 2.24) is 29.6 Å². The summed E-state index contributed by atoms with van der Waals surface area (Å²) < 4.78 is 47.9. The normalized spacial score (nSPS) is 18.6. The number of methoxy groups -OCH3 is 1. The quantitative estimate of drug-likeness (QED) is 0.392. The summed E-state index contributed by atoms with van der Waals surface area (Å²) >= 11 is 0. The van der Waals surface area contributed by atoms with E-state index in [1.54, 1.807) is 24.3 Å². The van der Waals surface area contributed by atoms with Crippen LogP contribution in [0.4, 0.5) is 14.7 Å². The zero-order chi connectivity index (χ0) is 23.8. The van der Waals surface area contributed by atoms with E-state index in [0.29, 0.717) is 40.2 Å². The van der Waals surface area contributed by atoms with E-state index in [-0.39, 0.29) is 30.8 Å². The van der Waals surface area contributed by atoms with Gasteiger partial charge in [0.05, 0.1) is 33.3 Å². The molecule has 1 aliphatic carbocycles. The van der Waals surface area contributed by atoms with Gasteiger partial charge in [-0.1, -0.05) is 11.3 Å². The van der Waals surface area contributed by atoms with Gasteiger partial charge >= 0.3 is 0 Å². The fourth-order valence-corrected chi connectivity index (χ4v) is 3.97. The van der Waals surface area contributed by atoms with Crippen molar-refractivity contribution in [3.63, 3.8) is 0 Å². The lowest BCUT2D eigenvalue weighted by atomic mass is 9.89. The van der Waals surface area contributed by atoms with Gasteiger partial charge in [-0.05, 0) is 36.6 Å². The number of ether oxygens (including phenoxy) is 2. The molecule has 1 aliphatic rings. The third kappa shape index (κ3) is 4.18. The smallest absolute Gasteiger partial charge is 0.258 e. The maximum absolute atomic E-state index is 12.9. The molecule has 3 aromatic heterocycles. The van der Waals surface area contributed by atoms with Crippen LogP contribution in [0.25, 0.3) is 27.7 Å². The molecule has 1 fully saturated rings. The lowest BCUT2D eigenvalue weighted by molar-refractivity contribution is -0.0196. The number of aromatic nitrogens is 6. The molecule has 0 spiro atoms. The topological polar surface area (TPSA) is 112 Å². The zero-order valence-corrected chi connectivity index (χ0v) is 17.8. The van der Waals surface area contributed by atoms with Gasteiger partial charge in [-0.15, -0.1) is 10.2 Å². The summed E-state index contributed by atoms with van der Waals surface area (Å²) in [5, 5.41) is 24.3. The second kappa shape index (κ2) is 8.87. The number of nitrogens with one attached hydrogen (secondary N) is 1. The fourth-order valence-electron chi connectivity index (χ4n) is 3.97. The fraction of sp³-hybridized carbons (Fsp3) is 0.429. The molecule has 1 saturated carbocycles. The van der Waals surface area contributed by atoms with Crippen LogP contribution in [0.5, 0.6) is 5.88 Å². The Labute approximate surface area is 188 Å². The van der Waals surface area contributed by atoms with Crippen LogP contribution in [0.3, 0.4) is 0 Å². The highest BCUT2D eigenvalue weighted by molar-refractivity contribution is 5.89. The minimum atomic E-state index is -2.56. The van der Waals surface area contributed by atoms with E-state index in [0.717, 1.165) is 17.5 Å². The Balaban J connectivity index is 1.47. The summed E-state index contributed by atoms with van der Waals surface area (Å²) in [6.45, 7) is -0.257. The lowest BCUT2D eigenvalue weighted by Crippen LogP contribution is -2.41. The van der Waals surface area contributed by atoms with Crippen molar-refractivity contribution in [1.29, 1.82) is 0 Å². The van der Waals surface area contributed by atoms with Crippen LogP contribution >= 0.6 is 0 Å². The molecule has 0 amide bonds. The zero-order valence-electron chi connectivity index (χ0n) is 18.8. The van der Waals surface area contributed by atoms with Crippen LogP contribution in [-0.2, 0) is 11.3 Å². The van der Waals surface area contributed by atoms with Gasteiger partial charge in [-0.25, -0.2) is 18.0 Å². The minimum Gasteiger partial charge on any atom is -0.479 e. The van der Waals surface area contributed by atoms with Crippen molar-refractivity contribution in [2.75, 3.05) is 25.6 Å². The van der Waals surface area contributed by atoms with E-state index >= 15 is 0 Å². The third-order valence-corrected chi connectivity index (χ3v) is 5.60. The number of alkyl halides is 2. The van der Waals surface area contributed by atoms with Crippen LogP contribution in [0, 0.1) is 0 Å². The molecule has 3 heterocycles.